The van der Waals surface area contributed by atoms with E-state index in [0.29, 0.717) is 13.1 Å². The molecule has 1 aromatic carbocycles. The summed E-state index contributed by atoms with van der Waals surface area (Å²) in [5, 5.41) is 0. The fraction of sp³-hybridized carbons (Fsp3) is 0.308. The van der Waals surface area contributed by atoms with Crippen LogP contribution >= 0.6 is 0 Å². The third-order valence-corrected chi connectivity index (χ3v) is 2.40. The molecule has 0 heterocycles. The van der Waals surface area contributed by atoms with Crippen molar-refractivity contribution < 1.29 is 9.53 Å². The Morgan fingerprint density at radius 3 is 2.50 bits per heavy atom. The Morgan fingerprint density at radius 1 is 1.44 bits per heavy atom. The number of likely N-dealkylation sites (N-methyl/N-ethyl adjacent to an activating group) is 1. The highest BCUT2D eigenvalue weighted by molar-refractivity contribution is 5.86. The predicted molar refractivity (Wildman–Crippen MR) is 64.3 cm³/mol. The van der Waals surface area contributed by atoms with Gasteiger partial charge >= 0.3 is 0 Å². The maximum Gasteiger partial charge on any atom is 0.246 e. The van der Waals surface area contributed by atoms with Crippen LogP contribution in [0.2, 0.25) is 0 Å². The maximum absolute atomic E-state index is 11.5. The Labute approximate surface area is 96.3 Å². The maximum atomic E-state index is 11.5. The summed E-state index contributed by atoms with van der Waals surface area (Å²) in [6.07, 6.45) is 1.34. The number of carbonyl (C=O) groups excluding carboxylic acids is 1. The van der Waals surface area contributed by atoms with Crippen molar-refractivity contribution in [3.8, 4) is 5.75 Å². The van der Waals surface area contributed by atoms with Gasteiger partial charge in [-0.3, -0.25) is 4.79 Å². The van der Waals surface area contributed by atoms with Gasteiger partial charge in [-0.25, -0.2) is 0 Å². The summed E-state index contributed by atoms with van der Waals surface area (Å²) in [6, 6.07) is 7.69. The zero-order valence-corrected chi connectivity index (χ0v) is 9.77. The van der Waals surface area contributed by atoms with Crippen LogP contribution < -0.4 is 4.74 Å². The molecule has 86 valence electrons. The van der Waals surface area contributed by atoms with Crippen LogP contribution in [0.25, 0.3) is 0 Å². The van der Waals surface area contributed by atoms with E-state index < -0.39 is 0 Å². The van der Waals surface area contributed by atoms with Gasteiger partial charge in [-0.1, -0.05) is 18.7 Å². The van der Waals surface area contributed by atoms with Crippen LogP contribution in [0.1, 0.15) is 12.5 Å². The number of nitrogens with zero attached hydrogens (tertiary/aromatic N) is 1. The molecule has 0 N–H and O–H groups in total. The Morgan fingerprint density at radius 2 is 2.06 bits per heavy atom. The largest absolute Gasteiger partial charge is 0.497 e. The Balaban J connectivity index is 2.70. The summed E-state index contributed by atoms with van der Waals surface area (Å²) in [5.41, 5.74) is 1.08. The molecule has 0 bridgehead atoms. The lowest BCUT2D eigenvalue weighted by atomic mass is 10.2. The molecule has 1 aromatic rings. The molecule has 16 heavy (non-hydrogen) atoms. The standard InChI is InChI=1S/C13H17NO2/c1-4-13(15)14(5-2)10-11-6-8-12(16-3)9-7-11/h4,6-9H,1,5,10H2,2-3H3. The molecule has 0 saturated heterocycles. The first-order valence-electron chi connectivity index (χ1n) is 5.25. The lowest BCUT2D eigenvalue weighted by molar-refractivity contribution is -0.126. The van der Waals surface area contributed by atoms with Gasteiger partial charge < -0.3 is 9.64 Å². The second-order valence-electron chi connectivity index (χ2n) is 3.40. The lowest BCUT2D eigenvalue weighted by Crippen LogP contribution is -2.28. The smallest absolute Gasteiger partial charge is 0.246 e. The first-order valence-corrected chi connectivity index (χ1v) is 5.25. The van der Waals surface area contributed by atoms with Crippen molar-refractivity contribution >= 4 is 5.91 Å². The number of benzene rings is 1. The van der Waals surface area contributed by atoms with Gasteiger partial charge in [0.25, 0.3) is 0 Å². The fourth-order valence-corrected chi connectivity index (χ4v) is 1.43. The van der Waals surface area contributed by atoms with Crippen LogP contribution in [-0.2, 0) is 11.3 Å². The lowest BCUT2D eigenvalue weighted by Gasteiger charge is -2.19. The van der Waals surface area contributed by atoms with Gasteiger partial charge in [-0.2, -0.15) is 0 Å². The van der Waals surface area contributed by atoms with Gasteiger partial charge in [0, 0.05) is 13.1 Å². The first-order chi connectivity index (χ1) is 7.71. The highest BCUT2D eigenvalue weighted by Crippen LogP contribution is 2.13. The van der Waals surface area contributed by atoms with Gasteiger partial charge in [-0.15, -0.1) is 0 Å². The van der Waals surface area contributed by atoms with Gasteiger partial charge in [0.05, 0.1) is 7.11 Å². The topological polar surface area (TPSA) is 29.5 Å². The van der Waals surface area contributed by atoms with E-state index in [1.807, 2.05) is 31.2 Å². The van der Waals surface area contributed by atoms with Crippen molar-refractivity contribution in [2.45, 2.75) is 13.5 Å². The Kier molecular flexibility index (Phi) is 4.58. The van der Waals surface area contributed by atoms with Crippen LogP contribution in [0.4, 0.5) is 0 Å². The van der Waals surface area contributed by atoms with E-state index in [2.05, 4.69) is 6.58 Å². The molecule has 0 aliphatic rings. The summed E-state index contributed by atoms with van der Waals surface area (Å²) in [5.74, 6) is 0.778. The molecule has 0 spiro atoms. The van der Waals surface area contributed by atoms with Gasteiger partial charge in [0.1, 0.15) is 5.75 Å². The minimum atomic E-state index is -0.0432. The number of hydrogen-bond donors (Lipinski definition) is 0. The summed E-state index contributed by atoms with van der Waals surface area (Å²) in [7, 11) is 1.63. The Bertz CT molecular complexity index is 357. The average molecular weight is 219 g/mol. The summed E-state index contributed by atoms with van der Waals surface area (Å²) in [4.78, 5) is 13.2. The second kappa shape index (κ2) is 5.95. The zero-order valence-electron chi connectivity index (χ0n) is 9.77. The molecule has 3 heteroatoms. The number of amides is 1. The quantitative estimate of drug-likeness (QED) is 0.711. The van der Waals surface area contributed by atoms with Gasteiger partial charge in [0.2, 0.25) is 5.91 Å². The third-order valence-electron chi connectivity index (χ3n) is 2.40. The second-order valence-corrected chi connectivity index (χ2v) is 3.40. The van der Waals surface area contributed by atoms with Crippen LogP contribution in [-0.4, -0.2) is 24.5 Å². The van der Waals surface area contributed by atoms with E-state index in [9.17, 15) is 4.79 Å². The van der Waals surface area contributed by atoms with Crippen LogP contribution in [0.15, 0.2) is 36.9 Å². The summed E-state index contributed by atoms with van der Waals surface area (Å²) >= 11 is 0. The van der Waals surface area contributed by atoms with E-state index in [1.165, 1.54) is 6.08 Å². The predicted octanol–water partition coefficient (Wildman–Crippen LogP) is 2.23. The van der Waals surface area contributed by atoms with Crippen LogP contribution in [0.5, 0.6) is 5.75 Å². The average Bonchev–Trinajstić information content (AvgIpc) is 2.35. The van der Waals surface area contributed by atoms with Crippen molar-refractivity contribution in [2.75, 3.05) is 13.7 Å². The van der Waals surface area contributed by atoms with Crippen molar-refractivity contribution in [3.05, 3.63) is 42.5 Å². The first kappa shape index (κ1) is 12.3. The van der Waals surface area contributed by atoms with Gasteiger partial charge in [0.15, 0.2) is 0 Å². The molecule has 0 aliphatic heterocycles. The van der Waals surface area contributed by atoms with E-state index >= 15 is 0 Å². The molecule has 1 amide bonds. The van der Waals surface area contributed by atoms with Crippen LogP contribution in [0.3, 0.4) is 0 Å². The number of methoxy groups -OCH3 is 1. The molecule has 3 nitrogen and oxygen atoms in total. The number of rotatable bonds is 5. The van der Waals surface area contributed by atoms with E-state index in [-0.39, 0.29) is 5.91 Å². The van der Waals surface area contributed by atoms with E-state index in [4.69, 9.17) is 4.74 Å². The van der Waals surface area contributed by atoms with E-state index in [1.54, 1.807) is 12.0 Å². The molecule has 0 radical (unpaired) electrons. The van der Waals surface area contributed by atoms with Crippen molar-refractivity contribution in [3.63, 3.8) is 0 Å². The number of ether oxygens (including phenoxy) is 1. The normalized spacial score (nSPS) is 9.62. The van der Waals surface area contributed by atoms with Crippen LogP contribution in [0, 0.1) is 0 Å². The summed E-state index contributed by atoms with van der Waals surface area (Å²) in [6.45, 7) is 6.72. The molecule has 0 aromatic heterocycles. The van der Waals surface area contributed by atoms with Crippen molar-refractivity contribution in [1.29, 1.82) is 0 Å². The molecular weight excluding hydrogens is 202 g/mol. The highest BCUT2D eigenvalue weighted by atomic mass is 16.5. The molecule has 1 rings (SSSR count). The molecule has 0 unspecified atom stereocenters. The third kappa shape index (κ3) is 3.12. The fourth-order valence-electron chi connectivity index (χ4n) is 1.43. The SMILES string of the molecule is C=CC(=O)N(CC)Cc1ccc(OC)cc1. The van der Waals surface area contributed by atoms with Gasteiger partial charge in [-0.05, 0) is 30.7 Å². The molecule has 0 fully saturated rings. The van der Waals surface area contributed by atoms with Crippen molar-refractivity contribution in [1.82, 2.24) is 4.90 Å². The Hall–Kier alpha value is -1.77. The molecule has 0 saturated carbocycles. The number of carbonyl (C=O) groups is 1. The monoisotopic (exact) mass is 219 g/mol. The molecular formula is C13H17NO2. The molecule has 0 aliphatic carbocycles. The highest BCUT2D eigenvalue weighted by Gasteiger charge is 2.07. The van der Waals surface area contributed by atoms with E-state index in [0.717, 1.165) is 11.3 Å². The minimum absolute atomic E-state index is 0.0432. The van der Waals surface area contributed by atoms with Crippen molar-refractivity contribution in [2.24, 2.45) is 0 Å². The summed E-state index contributed by atoms with van der Waals surface area (Å²) < 4.78 is 5.07. The molecule has 0 atom stereocenters. The number of hydrogen-bond acceptors (Lipinski definition) is 2. The minimum Gasteiger partial charge on any atom is -0.497 e. The zero-order chi connectivity index (χ0) is 12.0.